The van der Waals surface area contributed by atoms with Gasteiger partial charge in [-0.25, -0.2) is 9.97 Å². The number of hydrogen-bond donors (Lipinski definition) is 1. The first-order chi connectivity index (χ1) is 9.20. The molecule has 0 aromatic carbocycles. The molecule has 0 unspecified atom stereocenters. The maximum atomic E-state index is 11.7. The van der Waals surface area contributed by atoms with E-state index in [1.807, 2.05) is 6.92 Å². The molecule has 1 N–H and O–H groups in total. The van der Waals surface area contributed by atoms with E-state index in [4.69, 9.17) is 0 Å². The number of aromatic nitrogens is 2. The SMILES string of the molecule is CCNC(=O)C1CN(c2ncnc3c(C)csc23)C1. The second-order valence-corrected chi connectivity index (χ2v) is 5.67. The first-order valence-corrected chi connectivity index (χ1v) is 7.30. The highest BCUT2D eigenvalue weighted by Crippen LogP contribution is 2.33. The molecule has 0 radical (unpaired) electrons. The van der Waals surface area contributed by atoms with E-state index in [-0.39, 0.29) is 11.8 Å². The number of aryl methyl sites for hydroxylation is 1. The Morgan fingerprint density at radius 2 is 2.32 bits per heavy atom. The highest BCUT2D eigenvalue weighted by molar-refractivity contribution is 7.18. The minimum absolute atomic E-state index is 0.0889. The first-order valence-electron chi connectivity index (χ1n) is 6.42. The zero-order valence-corrected chi connectivity index (χ0v) is 11.8. The Morgan fingerprint density at radius 1 is 1.53 bits per heavy atom. The van der Waals surface area contributed by atoms with E-state index < -0.39 is 0 Å². The number of thiophene rings is 1. The fourth-order valence-electron chi connectivity index (χ4n) is 2.32. The van der Waals surface area contributed by atoms with Gasteiger partial charge in [0, 0.05) is 19.6 Å². The molecular formula is C13H16N4OS. The molecule has 1 aliphatic rings. The van der Waals surface area contributed by atoms with E-state index in [2.05, 4.69) is 32.5 Å². The van der Waals surface area contributed by atoms with Crippen molar-refractivity contribution in [3.63, 3.8) is 0 Å². The molecule has 1 aliphatic heterocycles. The molecule has 2 aromatic rings. The highest BCUT2D eigenvalue weighted by Gasteiger charge is 2.34. The molecule has 0 atom stereocenters. The largest absolute Gasteiger partial charge is 0.356 e. The van der Waals surface area contributed by atoms with Crippen LogP contribution in [0.15, 0.2) is 11.7 Å². The topological polar surface area (TPSA) is 58.1 Å². The molecule has 3 heterocycles. The van der Waals surface area contributed by atoms with Crippen LogP contribution < -0.4 is 10.2 Å². The number of nitrogens with zero attached hydrogens (tertiary/aromatic N) is 3. The normalized spacial score (nSPS) is 15.6. The van der Waals surface area contributed by atoms with Crippen LogP contribution in [0.4, 0.5) is 5.82 Å². The Morgan fingerprint density at radius 3 is 3.05 bits per heavy atom. The van der Waals surface area contributed by atoms with E-state index >= 15 is 0 Å². The van der Waals surface area contributed by atoms with Gasteiger partial charge < -0.3 is 10.2 Å². The molecule has 3 rings (SSSR count). The van der Waals surface area contributed by atoms with Crippen molar-refractivity contribution in [2.24, 2.45) is 5.92 Å². The van der Waals surface area contributed by atoms with Crippen molar-refractivity contribution in [2.45, 2.75) is 13.8 Å². The van der Waals surface area contributed by atoms with Crippen LogP contribution in [0.25, 0.3) is 10.2 Å². The van der Waals surface area contributed by atoms with E-state index in [0.29, 0.717) is 6.54 Å². The average Bonchev–Trinajstić information content (AvgIpc) is 2.71. The standard InChI is InChI=1S/C13H16N4OS/c1-3-14-13(18)9-4-17(5-9)12-11-10(15-7-16-12)8(2)6-19-11/h6-7,9H,3-5H2,1-2H3,(H,14,18). The molecule has 1 fully saturated rings. The minimum atomic E-state index is 0.0889. The van der Waals surface area contributed by atoms with Gasteiger partial charge in [-0.2, -0.15) is 0 Å². The molecule has 1 saturated heterocycles. The van der Waals surface area contributed by atoms with E-state index in [0.717, 1.165) is 29.1 Å². The van der Waals surface area contributed by atoms with Gasteiger partial charge in [-0.15, -0.1) is 11.3 Å². The third-order valence-corrected chi connectivity index (χ3v) is 4.50. The van der Waals surface area contributed by atoms with Crippen molar-refractivity contribution < 1.29 is 4.79 Å². The number of carbonyl (C=O) groups excluding carboxylic acids is 1. The first kappa shape index (κ1) is 12.3. The number of nitrogens with one attached hydrogen (secondary N) is 1. The Hall–Kier alpha value is -1.69. The molecule has 19 heavy (non-hydrogen) atoms. The summed E-state index contributed by atoms with van der Waals surface area (Å²) >= 11 is 1.67. The smallest absolute Gasteiger partial charge is 0.226 e. The number of rotatable bonds is 3. The summed E-state index contributed by atoms with van der Waals surface area (Å²) in [5.41, 5.74) is 2.21. The van der Waals surface area contributed by atoms with Crippen molar-refractivity contribution in [2.75, 3.05) is 24.5 Å². The third kappa shape index (κ3) is 2.06. The van der Waals surface area contributed by atoms with Gasteiger partial charge in [0.2, 0.25) is 5.91 Å². The molecular weight excluding hydrogens is 260 g/mol. The van der Waals surface area contributed by atoms with Gasteiger partial charge >= 0.3 is 0 Å². The lowest BCUT2D eigenvalue weighted by Crippen LogP contribution is -2.54. The van der Waals surface area contributed by atoms with Gasteiger partial charge in [-0.1, -0.05) is 0 Å². The fraction of sp³-hybridized carbons (Fsp3) is 0.462. The van der Waals surface area contributed by atoms with Crippen LogP contribution in [-0.4, -0.2) is 35.5 Å². The second-order valence-electron chi connectivity index (χ2n) is 4.79. The summed E-state index contributed by atoms with van der Waals surface area (Å²) in [5.74, 6) is 1.20. The molecule has 2 aromatic heterocycles. The lowest BCUT2D eigenvalue weighted by atomic mass is 9.99. The average molecular weight is 276 g/mol. The van der Waals surface area contributed by atoms with Crippen LogP contribution in [0, 0.1) is 12.8 Å². The van der Waals surface area contributed by atoms with Crippen LogP contribution in [0.3, 0.4) is 0 Å². The van der Waals surface area contributed by atoms with Crippen LogP contribution >= 0.6 is 11.3 Å². The number of anilines is 1. The van der Waals surface area contributed by atoms with Gasteiger partial charge in [0.25, 0.3) is 0 Å². The summed E-state index contributed by atoms with van der Waals surface area (Å²) in [6.45, 7) is 6.18. The van der Waals surface area contributed by atoms with Gasteiger partial charge in [-0.05, 0) is 24.8 Å². The molecule has 0 spiro atoms. The lowest BCUT2D eigenvalue weighted by Gasteiger charge is -2.39. The Balaban J connectivity index is 1.79. The van der Waals surface area contributed by atoms with E-state index in [1.54, 1.807) is 17.7 Å². The van der Waals surface area contributed by atoms with E-state index in [1.165, 1.54) is 5.56 Å². The van der Waals surface area contributed by atoms with Crippen molar-refractivity contribution in [3.05, 3.63) is 17.3 Å². The van der Waals surface area contributed by atoms with Crippen molar-refractivity contribution >= 4 is 33.3 Å². The summed E-state index contributed by atoms with van der Waals surface area (Å²) < 4.78 is 1.12. The van der Waals surface area contributed by atoms with Crippen molar-refractivity contribution in [1.82, 2.24) is 15.3 Å². The molecule has 0 bridgehead atoms. The van der Waals surface area contributed by atoms with E-state index in [9.17, 15) is 4.79 Å². The second kappa shape index (κ2) is 4.77. The predicted molar refractivity (Wildman–Crippen MR) is 76.5 cm³/mol. The fourth-order valence-corrected chi connectivity index (χ4v) is 3.34. The molecule has 100 valence electrons. The summed E-state index contributed by atoms with van der Waals surface area (Å²) in [6, 6.07) is 0. The zero-order valence-electron chi connectivity index (χ0n) is 11.0. The summed E-state index contributed by atoms with van der Waals surface area (Å²) in [5, 5.41) is 4.97. The number of fused-ring (bicyclic) bond motifs is 1. The summed E-state index contributed by atoms with van der Waals surface area (Å²) in [7, 11) is 0. The molecule has 0 saturated carbocycles. The molecule has 6 heteroatoms. The predicted octanol–water partition coefficient (Wildman–Crippen LogP) is 1.57. The minimum Gasteiger partial charge on any atom is -0.356 e. The van der Waals surface area contributed by atoms with Crippen LogP contribution in [-0.2, 0) is 4.79 Å². The van der Waals surface area contributed by atoms with Crippen molar-refractivity contribution in [1.29, 1.82) is 0 Å². The van der Waals surface area contributed by atoms with Crippen LogP contribution in [0.5, 0.6) is 0 Å². The zero-order chi connectivity index (χ0) is 13.4. The maximum Gasteiger partial charge on any atom is 0.226 e. The van der Waals surface area contributed by atoms with Gasteiger partial charge in [0.05, 0.1) is 16.1 Å². The Labute approximate surface area is 115 Å². The van der Waals surface area contributed by atoms with Crippen LogP contribution in [0.1, 0.15) is 12.5 Å². The third-order valence-electron chi connectivity index (χ3n) is 3.41. The number of hydrogen-bond acceptors (Lipinski definition) is 5. The maximum absolute atomic E-state index is 11.7. The molecule has 0 aliphatic carbocycles. The van der Waals surface area contributed by atoms with Gasteiger partial charge in [0.15, 0.2) is 0 Å². The lowest BCUT2D eigenvalue weighted by molar-refractivity contribution is -0.125. The number of amides is 1. The summed E-state index contributed by atoms with van der Waals surface area (Å²) in [4.78, 5) is 22.5. The number of carbonyl (C=O) groups is 1. The molecule has 5 nitrogen and oxygen atoms in total. The van der Waals surface area contributed by atoms with Crippen molar-refractivity contribution in [3.8, 4) is 0 Å². The Kier molecular flexibility index (Phi) is 3.10. The highest BCUT2D eigenvalue weighted by atomic mass is 32.1. The molecule has 1 amide bonds. The van der Waals surface area contributed by atoms with Gasteiger partial charge in [-0.3, -0.25) is 4.79 Å². The quantitative estimate of drug-likeness (QED) is 0.924. The monoisotopic (exact) mass is 276 g/mol. The van der Waals surface area contributed by atoms with Gasteiger partial charge in [0.1, 0.15) is 12.1 Å². The summed E-state index contributed by atoms with van der Waals surface area (Å²) in [6.07, 6.45) is 1.61. The van der Waals surface area contributed by atoms with Crippen LogP contribution in [0.2, 0.25) is 0 Å². The Bertz CT molecular complexity index is 618.